The van der Waals surface area contributed by atoms with Crippen LogP contribution >= 0.6 is 0 Å². The number of methoxy groups -OCH3 is 1. The molecule has 1 aliphatic rings. The summed E-state index contributed by atoms with van der Waals surface area (Å²) in [6, 6.07) is 7.41. The molecule has 1 fully saturated rings. The first-order chi connectivity index (χ1) is 9.22. The van der Waals surface area contributed by atoms with Crippen molar-refractivity contribution in [1.82, 2.24) is 0 Å². The second-order valence-electron chi connectivity index (χ2n) is 4.56. The lowest BCUT2D eigenvalue weighted by Gasteiger charge is -2.31. The van der Waals surface area contributed by atoms with Crippen LogP contribution in [0.3, 0.4) is 0 Å². The Morgan fingerprint density at radius 2 is 2.11 bits per heavy atom. The third kappa shape index (κ3) is 3.45. The Balaban J connectivity index is 2.13. The molecule has 1 saturated heterocycles. The minimum absolute atomic E-state index is 0.378. The summed E-state index contributed by atoms with van der Waals surface area (Å²) in [6.07, 6.45) is 0.486. The smallest absolute Gasteiger partial charge is 0.322 e. The third-order valence-electron chi connectivity index (χ3n) is 3.29. The maximum absolute atomic E-state index is 11.4. The maximum Gasteiger partial charge on any atom is 0.322 e. The Hall–Kier alpha value is -1.59. The Kier molecular flexibility index (Phi) is 4.76. The van der Waals surface area contributed by atoms with Crippen molar-refractivity contribution in [1.29, 1.82) is 0 Å². The van der Waals surface area contributed by atoms with E-state index >= 15 is 0 Å². The monoisotopic (exact) mass is 264 g/mol. The van der Waals surface area contributed by atoms with Crippen molar-refractivity contribution < 1.29 is 14.3 Å². The van der Waals surface area contributed by atoms with Crippen molar-refractivity contribution in [3.8, 4) is 0 Å². The number of ether oxygens (including phenoxy) is 2. The molecular weight excluding hydrogens is 244 g/mol. The van der Waals surface area contributed by atoms with Crippen molar-refractivity contribution in [3.63, 3.8) is 0 Å². The molecule has 2 rings (SSSR count). The standard InChI is InChI=1S/C14H20N2O3/c1-18-14(17)12(15)10-11-4-2-3-5-13(11)16-6-8-19-9-7-16/h2-5,12H,6-10,15H2,1H3. The number of carbonyl (C=O) groups excluding carboxylic acids is 1. The number of morpholine rings is 1. The molecule has 0 bridgehead atoms. The van der Waals surface area contributed by atoms with Crippen LogP contribution in [-0.4, -0.2) is 45.4 Å². The van der Waals surface area contributed by atoms with Crippen LogP contribution in [0.2, 0.25) is 0 Å². The van der Waals surface area contributed by atoms with Gasteiger partial charge < -0.3 is 20.1 Å². The van der Waals surface area contributed by atoms with Gasteiger partial charge in [0.15, 0.2) is 0 Å². The molecule has 1 aliphatic heterocycles. The molecule has 2 N–H and O–H groups in total. The van der Waals surface area contributed by atoms with Gasteiger partial charge in [-0.15, -0.1) is 0 Å². The summed E-state index contributed by atoms with van der Waals surface area (Å²) < 4.78 is 10.0. The molecule has 0 radical (unpaired) electrons. The number of nitrogens with two attached hydrogens (primary N) is 1. The van der Waals surface area contributed by atoms with Crippen molar-refractivity contribution in [2.24, 2.45) is 5.73 Å². The lowest BCUT2D eigenvalue weighted by molar-refractivity contribution is -0.142. The molecule has 1 aromatic carbocycles. The average molecular weight is 264 g/mol. The molecule has 0 saturated carbocycles. The van der Waals surface area contributed by atoms with E-state index in [0.29, 0.717) is 6.42 Å². The zero-order valence-corrected chi connectivity index (χ0v) is 11.2. The number of hydrogen-bond donors (Lipinski definition) is 1. The second-order valence-corrected chi connectivity index (χ2v) is 4.56. The maximum atomic E-state index is 11.4. The van der Waals surface area contributed by atoms with Gasteiger partial charge in [0.1, 0.15) is 6.04 Å². The molecule has 5 heteroatoms. The number of benzene rings is 1. The molecular formula is C14H20N2O3. The zero-order chi connectivity index (χ0) is 13.7. The fourth-order valence-corrected chi connectivity index (χ4v) is 2.27. The highest BCUT2D eigenvalue weighted by atomic mass is 16.5. The summed E-state index contributed by atoms with van der Waals surface area (Å²) in [4.78, 5) is 13.7. The minimum atomic E-state index is -0.618. The summed E-state index contributed by atoms with van der Waals surface area (Å²) in [7, 11) is 1.36. The van der Waals surface area contributed by atoms with Gasteiger partial charge >= 0.3 is 5.97 Å². The van der Waals surface area contributed by atoms with Gasteiger partial charge in [-0.2, -0.15) is 0 Å². The molecule has 0 amide bonds. The fourth-order valence-electron chi connectivity index (χ4n) is 2.27. The number of anilines is 1. The molecule has 19 heavy (non-hydrogen) atoms. The third-order valence-corrected chi connectivity index (χ3v) is 3.29. The van der Waals surface area contributed by atoms with E-state index in [9.17, 15) is 4.79 Å². The van der Waals surface area contributed by atoms with Gasteiger partial charge in [0.2, 0.25) is 0 Å². The predicted molar refractivity (Wildman–Crippen MR) is 73.2 cm³/mol. The zero-order valence-electron chi connectivity index (χ0n) is 11.2. The second kappa shape index (κ2) is 6.54. The van der Waals surface area contributed by atoms with Gasteiger partial charge in [0.25, 0.3) is 0 Å². The summed E-state index contributed by atoms with van der Waals surface area (Å²) in [5.74, 6) is -0.378. The van der Waals surface area contributed by atoms with Gasteiger partial charge in [-0.1, -0.05) is 18.2 Å². The Morgan fingerprint density at radius 1 is 1.42 bits per heavy atom. The SMILES string of the molecule is COC(=O)C(N)Cc1ccccc1N1CCOCC1. The minimum Gasteiger partial charge on any atom is -0.468 e. The van der Waals surface area contributed by atoms with E-state index in [0.717, 1.165) is 37.6 Å². The van der Waals surface area contributed by atoms with Gasteiger partial charge in [-0.05, 0) is 11.6 Å². The number of para-hydroxylation sites is 1. The van der Waals surface area contributed by atoms with E-state index in [-0.39, 0.29) is 5.97 Å². The number of carbonyl (C=O) groups is 1. The Morgan fingerprint density at radius 3 is 2.79 bits per heavy atom. The highest BCUT2D eigenvalue weighted by Crippen LogP contribution is 2.22. The van der Waals surface area contributed by atoms with Crippen LogP contribution in [0.25, 0.3) is 0 Å². The molecule has 1 unspecified atom stereocenters. The first kappa shape index (κ1) is 13.8. The van der Waals surface area contributed by atoms with E-state index in [4.69, 9.17) is 10.5 Å². The first-order valence-corrected chi connectivity index (χ1v) is 6.46. The molecule has 0 aliphatic carbocycles. The predicted octanol–water partition coefficient (Wildman–Crippen LogP) is 0.566. The van der Waals surface area contributed by atoms with E-state index in [1.54, 1.807) is 0 Å². The van der Waals surface area contributed by atoms with Crippen molar-refractivity contribution in [2.75, 3.05) is 38.3 Å². The number of hydrogen-bond acceptors (Lipinski definition) is 5. The van der Waals surface area contributed by atoms with Gasteiger partial charge in [0.05, 0.1) is 20.3 Å². The van der Waals surface area contributed by atoms with Crippen LogP contribution in [0, 0.1) is 0 Å². The molecule has 5 nitrogen and oxygen atoms in total. The quantitative estimate of drug-likeness (QED) is 0.805. The summed E-state index contributed by atoms with van der Waals surface area (Å²) in [6.45, 7) is 3.20. The molecule has 0 spiro atoms. The highest BCUT2D eigenvalue weighted by Gasteiger charge is 2.19. The van der Waals surface area contributed by atoms with E-state index < -0.39 is 6.04 Å². The van der Waals surface area contributed by atoms with Crippen molar-refractivity contribution in [3.05, 3.63) is 29.8 Å². The van der Waals surface area contributed by atoms with Crippen LogP contribution in [0.15, 0.2) is 24.3 Å². The van der Waals surface area contributed by atoms with Crippen LogP contribution in [-0.2, 0) is 20.7 Å². The molecule has 1 aromatic rings. The first-order valence-electron chi connectivity index (χ1n) is 6.46. The van der Waals surface area contributed by atoms with Crippen LogP contribution < -0.4 is 10.6 Å². The lowest BCUT2D eigenvalue weighted by atomic mass is 10.0. The van der Waals surface area contributed by atoms with Crippen molar-refractivity contribution >= 4 is 11.7 Å². The van der Waals surface area contributed by atoms with E-state index in [1.165, 1.54) is 7.11 Å². The molecule has 1 atom stereocenters. The molecule has 104 valence electrons. The van der Waals surface area contributed by atoms with Gasteiger partial charge in [-0.25, -0.2) is 0 Å². The Labute approximate surface area is 113 Å². The summed E-state index contributed by atoms with van der Waals surface area (Å²) in [5.41, 5.74) is 8.04. The number of esters is 1. The fraction of sp³-hybridized carbons (Fsp3) is 0.500. The van der Waals surface area contributed by atoms with E-state index in [2.05, 4.69) is 15.7 Å². The topological polar surface area (TPSA) is 64.8 Å². The largest absolute Gasteiger partial charge is 0.468 e. The molecule has 1 heterocycles. The van der Waals surface area contributed by atoms with Crippen LogP contribution in [0.5, 0.6) is 0 Å². The van der Waals surface area contributed by atoms with E-state index in [1.807, 2.05) is 18.2 Å². The van der Waals surface area contributed by atoms with Gasteiger partial charge in [0, 0.05) is 25.2 Å². The number of rotatable bonds is 4. The molecule has 0 aromatic heterocycles. The van der Waals surface area contributed by atoms with Crippen LogP contribution in [0.1, 0.15) is 5.56 Å². The average Bonchev–Trinajstić information content (AvgIpc) is 2.47. The summed E-state index contributed by atoms with van der Waals surface area (Å²) in [5, 5.41) is 0. The van der Waals surface area contributed by atoms with Gasteiger partial charge in [-0.3, -0.25) is 4.79 Å². The normalized spacial score (nSPS) is 17.1. The highest BCUT2D eigenvalue weighted by molar-refractivity contribution is 5.76. The van der Waals surface area contributed by atoms with Crippen LogP contribution in [0.4, 0.5) is 5.69 Å². The lowest BCUT2D eigenvalue weighted by Crippen LogP contribution is -2.38. The number of nitrogens with zero attached hydrogens (tertiary/aromatic N) is 1. The van der Waals surface area contributed by atoms with Crippen molar-refractivity contribution in [2.45, 2.75) is 12.5 Å². The Bertz CT molecular complexity index is 430. The summed E-state index contributed by atoms with van der Waals surface area (Å²) >= 11 is 0.